The second-order valence-electron chi connectivity index (χ2n) is 4.05. The maximum Gasteiger partial charge on any atom is 0.158 e. The first-order valence-corrected chi connectivity index (χ1v) is 6.24. The lowest BCUT2D eigenvalue weighted by atomic mass is 10.0. The molecule has 0 aromatic heterocycles. The number of rotatable bonds is 3. The van der Waals surface area contributed by atoms with Gasteiger partial charge in [-0.25, -0.2) is 0 Å². The summed E-state index contributed by atoms with van der Waals surface area (Å²) in [5.41, 5.74) is 7.28. The fourth-order valence-electron chi connectivity index (χ4n) is 1.91. The first-order chi connectivity index (χ1) is 7.66. The van der Waals surface area contributed by atoms with E-state index in [4.69, 9.17) is 15.2 Å². The topological polar surface area (TPSA) is 47.7 Å². The lowest BCUT2D eigenvalue weighted by molar-refractivity contribution is -0.0465. The molecule has 2 heterocycles. The Morgan fingerprint density at radius 1 is 1.50 bits per heavy atom. The molecule has 2 aliphatic heterocycles. The second-order valence-corrected chi connectivity index (χ2v) is 4.97. The third-order valence-corrected chi connectivity index (χ3v) is 3.26. The molecule has 0 aliphatic carbocycles. The SMILES string of the molecule is CN1C=C(Br)C=C(CCC2OCCO2)C1N. The molecule has 0 saturated carbocycles. The highest BCUT2D eigenvalue weighted by Crippen LogP contribution is 2.25. The fraction of sp³-hybridized carbons (Fsp3) is 0.636. The van der Waals surface area contributed by atoms with Crippen LogP contribution < -0.4 is 5.73 Å². The second kappa shape index (κ2) is 5.31. The normalized spacial score (nSPS) is 26.9. The number of nitrogens with two attached hydrogens (primary N) is 1. The molecule has 1 unspecified atom stereocenters. The van der Waals surface area contributed by atoms with Crippen molar-refractivity contribution in [2.75, 3.05) is 20.3 Å². The molecule has 0 spiro atoms. The van der Waals surface area contributed by atoms with Gasteiger partial charge >= 0.3 is 0 Å². The Bertz CT molecular complexity index is 311. The van der Waals surface area contributed by atoms with E-state index < -0.39 is 0 Å². The van der Waals surface area contributed by atoms with Gasteiger partial charge in [0.25, 0.3) is 0 Å². The van der Waals surface area contributed by atoms with Crippen molar-refractivity contribution in [2.45, 2.75) is 25.3 Å². The molecule has 0 aromatic carbocycles. The minimum absolute atomic E-state index is 0.0392. The van der Waals surface area contributed by atoms with E-state index in [2.05, 4.69) is 22.0 Å². The van der Waals surface area contributed by atoms with Crippen molar-refractivity contribution < 1.29 is 9.47 Å². The van der Waals surface area contributed by atoms with E-state index in [1.807, 2.05) is 18.1 Å². The maximum absolute atomic E-state index is 6.08. The molecule has 0 aromatic rings. The van der Waals surface area contributed by atoms with Crippen LogP contribution in [0.1, 0.15) is 12.8 Å². The largest absolute Gasteiger partial charge is 0.361 e. The zero-order valence-corrected chi connectivity index (χ0v) is 10.9. The number of halogens is 1. The molecule has 4 nitrogen and oxygen atoms in total. The monoisotopic (exact) mass is 288 g/mol. The molecule has 2 rings (SSSR count). The highest BCUT2D eigenvalue weighted by atomic mass is 79.9. The van der Waals surface area contributed by atoms with Gasteiger partial charge in [0.05, 0.1) is 19.4 Å². The van der Waals surface area contributed by atoms with E-state index in [1.54, 1.807) is 0 Å². The van der Waals surface area contributed by atoms with Gasteiger partial charge in [0, 0.05) is 24.2 Å². The summed E-state index contributed by atoms with van der Waals surface area (Å²) >= 11 is 3.48. The van der Waals surface area contributed by atoms with Crippen molar-refractivity contribution in [2.24, 2.45) is 5.73 Å². The van der Waals surface area contributed by atoms with Crippen LogP contribution >= 0.6 is 15.9 Å². The zero-order valence-electron chi connectivity index (χ0n) is 9.36. The van der Waals surface area contributed by atoms with Crippen LogP contribution in [0, 0.1) is 0 Å². The van der Waals surface area contributed by atoms with Crippen molar-refractivity contribution in [3.8, 4) is 0 Å². The molecule has 16 heavy (non-hydrogen) atoms. The van der Waals surface area contributed by atoms with Crippen molar-refractivity contribution >= 4 is 15.9 Å². The van der Waals surface area contributed by atoms with Crippen LogP contribution in [-0.2, 0) is 9.47 Å². The third kappa shape index (κ3) is 2.85. The van der Waals surface area contributed by atoms with Crippen LogP contribution in [0.4, 0.5) is 0 Å². The number of hydrogen-bond acceptors (Lipinski definition) is 4. The molecule has 1 atom stereocenters. The van der Waals surface area contributed by atoms with E-state index in [0.29, 0.717) is 13.2 Å². The summed E-state index contributed by atoms with van der Waals surface area (Å²) in [6, 6.07) is 0. The Hall–Kier alpha value is -0.360. The number of nitrogens with zero attached hydrogens (tertiary/aromatic N) is 1. The summed E-state index contributed by atoms with van der Waals surface area (Å²) in [6.45, 7) is 1.42. The standard InChI is InChI=1S/C11H17BrN2O2/c1-14-7-9(12)6-8(11(14)13)2-3-10-15-4-5-16-10/h6-7,10-11H,2-5,13H2,1H3. The van der Waals surface area contributed by atoms with Gasteiger partial charge in [0.15, 0.2) is 6.29 Å². The van der Waals surface area contributed by atoms with E-state index in [1.165, 1.54) is 5.57 Å². The summed E-state index contributed by atoms with van der Waals surface area (Å²) in [5, 5.41) is 0. The molecule has 90 valence electrons. The molecule has 0 bridgehead atoms. The molecule has 1 saturated heterocycles. The molecule has 0 amide bonds. The van der Waals surface area contributed by atoms with Gasteiger partial charge in [-0.05, 0) is 34.0 Å². The number of hydrogen-bond donors (Lipinski definition) is 1. The molecule has 2 aliphatic rings. The fourth-order valence-corrected chi connectivity index (χ4v) is 2.53. The van der Waals surface area contributed by atoms with Crippen molar-refractivity contribution in [3.05, 3.63) is 22.3 Å². The number of ether oxygens (including phenoxy) is 2. The van der Waals surface area contributed by atoms with Gasteiger partial charge in [-0.1, -0.05) is 0 Å². The van der Waals surface area contributed by atoms with E-state index >= 15 is 0 Å². The lowest BCUT2D eigenvalue weighted by Crippen LogP contribution is -2.39. The number of likely N-dealkylation sites (N-methyl/N-ethyl adjacent to an activating group) is 1. The van der Waals surface area contributed by atoms with Crippen molar-refractivity contribution in [1.29, 1.82) is 0 Å². The molecule has 2 N–H and O–H groups in total. The van der Waals surface area contributed by atoms with Crippen LogP contribution in [0.15, 0.2) is 22.3 Å². The Kier molecular flexibility index (Phi) is 4.02. The third-order valence-electron chi connectivity index (χ3n) is 2.83. The Balaban J connectivity index is 1.90. The number of allylic oxidation sites excluding steroid dienone is 2. The average molecular weight is 289 g/mol. The Morgan fingerprint density at radius 3 is 2.88 bits per heavy atom. The summed E-state index contributed by atoms with van der Waals surface area (Å²) in [4.78, 5) is 2.00. The Morgan fingerprint density at radius 2 is 2.19 bits per heavy atom. The van der Waals surface area contributed by atoms with Crippen LogP contribution in [0.25, 0.3) is 0 Å². The van der Waals surface area contributed by atoms with Gasteiger partial charge in [-0.3, -0.25) is 0 Å². The molecular formula is C11H17BrN2O2. The summed E-state index contributed by atoms with van der Waals surface area (Å²) < 4.78 is 11.9. The van der Waals surface area contributed by atoms with Gasteiger partial charge in [-0.15, -0.1) is 0 Å². The minimum Gasteiger partial charge on any atom is -0.361 e. The van der Waals surface area contributed by atoms with Gasteiger partial charge < -0.3 is 20.1 Å². The zero-order chi connectivity index (χ0) is 11.5. The summed E-state index contributed by atoms with van der Waals surface area (Å²) in [7, 11) is 1.97. The Labute approximate surface area is 104 Å². The minimum atomic E-state index is -0.0527. The van der Waals surface area contributed by atoms with Gasteiger partial charge in [-0.2, -0.15) is 0 Å². The van der Waals surface area contributed by atoms with Crippen molar-refractivity contribution in [3.63, 3.8) is 0 Å². The highest BCUT2D eigenvalue weighted by molar-refractivity contribution is 9.11. The van der Waals surface area contributed by atoms with Crippen LogP contribution in [-0.4, -0.2) is 37.6 Å². The highest BCUT2D eigenvalue weighted by Gasteiger charge is 2.21. The van der Waals surface area contributed by atoms with E-state index in [0.717, 1.165) is 17.3 Å². The molecule has 5 heteroatoms. The van der Waals surface area contributed by atoms with Gasteiger partial charge in [0.2, 0.25) is 0 Å². The van der Waals surface area contributed by atoms with Gasteiger partial charge in [0.1, 0.15) is 0 Å². The average Bonchev–Trinajstić information content (AvgIpc) is 2.74. The van der Waals surface area contributed by atoms with Crippen LogP contribution in [0.3, 0.4) is 0 Å². The molecular weight excluding hydrogens is 272 g/mol. The lowest BCUT2D eigenvalue weighted by Gasteiger charge is -2.29. The van der Waals surface area contributed by atoms with Crippen LogP contribution in [0.5, 0.6) is 0 Å². The molecule has 1 fully saturated rings. The first-order valence-electron chi connectivity index (χ1n) is 5.45. The molecule has 0 radical (unpaired) electrons. The van der Waals surface area contributed by atoms with E-state index in [9.17, 15) is 0 Å². The smallest absolute Gasteiger partial charge is 0.158 e. The maximum atomic E-state index is 6.08. The van der Waals surface area contributed by atoms with E-state index in [-0.39, 0.29) is 12.5 Å². The summed E-state index contributed by atoms with van der Waals surface area (Å²) in [6.07, 6.45) is 5.74. The first kappa shape index (κ1) is 12.1. The predicted octanol–water partition coefficient (Wildman–Crippen LogP) is 1.53. The van der Waals surface area contributed by atoms with Crippen molar-refractivity contribution in [1.82, 2.24) is 4.90 Å². The predicted molar refractivity (Wildman–Crippen MR) is 65.8 cm³/mol. The van der Waals surface area contributed by atoms with Crippen LogP contribution in [0.2, 0.25) is 0 Å². The quantitative estimate of drug-likeness (QED) is 0.856. The summed E-state index contributed by atoms with van der Waals surface area (Å²) in [5.74, 6) is 0.